The summed E-state index contributed by atoms with van der Waals surface area (Å²) in [6, 6.07) is 5.55. The van der Waals surface area contributed by atoms with Crippen LogP contribution in [0.4, 0.5) is 0 Å². The minimum atomic E-state index is -0.797. The molecule has 1 heterocycles. The highest BCUT2D eigenvalue weighted by molar-refractivity contribution is 6.31. The van der Waals surface area contributed by atoms with Gasteiger partial charge >= 0.3 is 0 Å². The summed E-state index contributed by atoms with van der Waals surface area (Å²) < 4.78 is 0. The number of benzene rings is 1. The number of carbonyl (C=O) groups excluding carboxylic acids is 3. The fraction of sp³-hybridized carbons (Fsp3) is 0.182. The Labute approximate surface area is 102 Å². The fourth-order valence-corrected chi connectivity index (χ4v) is 1.73. The molecule has 0 aliphatic carbocycles. The van der Waals surface area contributed by atoms with Gasteiger partial charge in [-0.15, -0.1) is 0 Å². The number of nitrogens with one attached hydrogen (secondary N) is 2. The van der Waals surface area contributed by atoms with Crippen molar-refractivity contribution in [2.24, 2.45) is 0 Å². The summed E-state index contributed by atoms with van der Waals surface area (Å²) in [5.74, 6) is -1.29. The molecule has 1 fully saturated rings. The summed E-state index contributed by atoms with van der Waals surface area (Å²) in [4.78, 5) is 33.9. The molecule has 0 aromatic heterocycles. The van der Waals surface area contributed by atoms with Crippen molar-refractivity contribution in [3.05, 3.63) is 34.9 Å². The van der Waals surface area contributed by atoms with Crippen LogP contribution in [0.1, 0.15) is 16.8 Å². The van der Waals surface area contributed by atoms with Crippen LogP contribution in [-0.4, -0.2) is 23.8 Å². The predicted octanol–water partition coefficient (Wildman–Crippen LogP) is 0.485. The van der Waals surface area contributed by atoms with Gasteiger partial charge in [0.2, 0.25) is 11.8 Å². The third-order valence-corrected chi connectivity index (χ3v) is 2.60. The predicted molar refractivity (Wildman–Crippen MR) is 60.5 cm³/mol. The zero-order valence-electron chi connectivity index (χ0n) is 8.70. The van der Waals surface area contributed by atoms with Crippen LogP contribution in [0.2, 0.25) is 5.02 Å². The molecule has 1 atom stereocenters. The Morgan fingerprint density at radius 2 is 2.18 bits per heavy atom. The van der Waals surface area contributed by atoms with Gasteiger partial charge in [0, 0.05) is 10.6 Å². The van der Waals surface area contributed by atoms with Gasteiger partial charge in [-0.05, 0) is 18.2 Å². The van der Waals surface area contributed by atoms with Gasteiger partial charge in [0.1, 0.15) is 6.04 Å². The minimum absolute atomic E-state index is 0.0227. The maximum absolute atomic E-state index is 11.7. The number of rotatable bonds is 2. The Bertz CT molecular complexity index is 501. The third-order valence-electron chi connectivity index (χ3n) is 2.36. The van der Waals surface area contributed by atoms with E-state index in [4.69, 9.17) is 11.6 Å². The van der Waals surface area contributed by atoms with Gasteiger partial charge in [-0.3, -0.25) is 19.7 Å². The Morgan fingerprint density at radius 3 is 2.76 bits per heavy atom. The van der Waals surface area contributed by atoms with Crippen molar-refractivity contribution in [1.82, 2.24) is 10.6 Å². The maximum Gasteiger partial charge on any atom is 0.251 e. The number of hydrogen-bond acceptors (Lipinski definition) is 3. The summed E-state index contributed by atoms with van der Waals surface area (Å²) in [5.41, 5.74) is 0.352. The van der Waals surface area contributed by atoms with Gasteiger partial charge in [-0.1, -0.05) is 17.7 Å². The maximum atomic E-state index is 11.7. The molecule has 0 spiro atoms. The molecule has 1 unspecified atom stereocenters. The Balaban J connectivity index is 2.07. The monoisotopic (exact) mass is 252 g/mol. The standard InChI is InChI=1S/C11H9ClN2O3/c12-7-3-1-2-6(4-7)10(16)13-8-5-9(15)14-11(8)17/h1-4,8H,5H2,(H,13,16)(H,14,15,17). The van der Waals surface area contributed by atoms with Gasteiger partial charge in [0.05, 0.1) is 6.42 Å². The van der Waals surface area contributed by atoms with Crippen LogP contribution < -0.4 is 10.6 Å². The van der Waals surface area contributed by atoms with Crippen molar-refractivity contribution in [2.75, 3.05) is 0 Å². The van der Waals surface area contributed by atoms with Gasteiger partial charge in [0.25, 0.3) is 5.91 Å². The summed E-state index contributed by atoms with van der Waals surface area (Å²) in [5, 5.41) is 5.02. The summed E-state index contributed by atoms with van der Waals surface area (Å²) in [6.07, 6.45) is -0.0227. The van der Waals surface area contributed by atoms with E-state index in [9.17, 15) is 14.4 Å². The van der Waals surface area contributed by atoms with Crippen LogP contribution in [0, 0.1) is 0 Å². The highest BCUT2D eigenvalue weighted by atomic mass is 35.5. The smallest absolute Gasteiger partial charge is 0.251 e. The molecule has 17 heavy (non-hydrogen) atoms. The van der Waals surface area contributed by atoms with Gasteiger partial charge in [-0.2, -0.15) is 0 Å². The molecule has 1 aliphatic rings. The second-order valence-electron chi connectivity index (χ2n) is 3.65. The van der Waals surface area contributed by atoms with Crippen molar-refractivity contribution in [2.45, 2.75) is 12.5 Å². The SMILES string of the molecule is O=C1CC(NC(=O)c2cccc(Cl)c2)C(=O)N1. The first-order valence-corrected chi connectivity index (χ1v) is 5.34. The quantitative estimate of drug-likeness (QED) is 0.752. The number of hydrogen-bond donors (Lipinski definition) is 2. The van der Waals surface area contributed by atoms with Crippen molar-refractivity contribution < 1.29 is 14.4 Å². The molecule has 6 heteroatoms. The lowest BCUT2D eigenvalue weighted by Crippen LogP contribution is -2.40. The van der Waals surface area contributed by atoms with Gasteiger partial charge < -0.3 is 5.32 Å². The first kappa shape index (κ1) is 11.6. The van der Waals surface area contributed by atoms with E-state index in [-0.39, 0.29) is 12.3 Å². The van der Waals surface area contributed by atoms with E-state index in [0.29, 0.717) is 10.6 Å². The fourth-order valence-electron chi connectivity index (χ4n) is 1.54. The number of imide groups is 1. The zero-order valence-corrected chi connectivity index (χ0v) is 9.45. The van der Waals surface area contributed by atoms with Gasteiger partial charge in [0.15, 0.2) is 0 Å². The average molecular weight is 253 g/mol. The lowest BCUT2D eigenvalue weighted by molar-refractivity contribution is -0.125. The van der Waals surface area contributed by atoms with Crippen LogP contribution >= 0.6 is 11.6 Å². The first-order chi connectivity index (χ1) is 8.06. The Hall–Kier alpha value is -1.88. The van der Waals surface area contributed by atoms with E-state index in [2.05, 4.69) is 10.6 Å². The molecule has 0 radical (unpaired) electrons. The number of carbonyl (C=O) groups is 3. The third kappa shape index (κ3) is 2.62. The van der Waals surface area contributed by atoms with E-state index >= 15 is 0 Å². The number of amides is 3. The zero-order chi connectivity index (χ0) is 12.4. The van der Waals surface area contributed by atoms with Crippen LogP contribution in [0.25, 0.3) is 0 Å². The van der Waals surface area contributed by atoms with Crippen LogP contribution in [0.5, 0.6) is 0 Å². The van der Waals surface area contributed by atoms with Crippen LogP contribution in [-0.2, 0) is 9.59 Å². The van der Waals surface area contributed by atoms with Crippen LogP contribution in [0.3, 0.4) is 0 Å². The molecule has 88 valence electrons. The highest BCUT2D eigenvalue weighted by Gasteiger charge is 2.31. The molecular weight excluding hydrogens is 244 g/mol. The molecule has 1 saturated heterocycles. The summed E-state index contributed by atoms with van der Waals surface area (Å²) in [6.45, 7) is 0. The number of halogens is 1. The minimum Gasteiger partial charge on any atom is -0.340 e. The van der Waals surface area contributed by atoms with E-state index < -0.39 is 17.9 Å². The van der Waals surface area contributed by atoms with E-state index in [1.807, 2.05) is 0 Å². The van der Waals surface area contributed by atoms with E-state index in [0.717, 1.165) is 0 Å². The molecule has 1 aromatic carbocycles. The molecule has 2 rings (SSSR count). The second kappa shape index (κ2) is 4.55. The van der Waals surface area contributed by atoms with E-state index in [1.54, 1.807) is 18.2 Å². The van der Waals surface area contributed by atoms with Crippen LogP contribution in [0.15, 0.2) is 24.3 Å². The molecule has 3 amide bonds. The molecular formula is C11H9ClN2O3. The lowest BCUT2D eigenvalue weighted by atomic mass is 10.2. The molecule has 0 saturated carbocycles. The lowest BCUT2D eigenvalue weighted by Gasteiger charge is -2.09. The second-order valence-corrected chi connectivity index (χ2v) is 4.09. The summed E-state index contributed by atoms with van der Waals surface area (Å²) >= 11 is 5.74. The van der Waals surface area contributed by atoms with Crippen molar-refractivity contribution >= 4 is 29.3 Å². The van der Waals surface area contributed by atoms with Crippen molar-refractivity contribution in [1.29, 1.82) is 0 Å². The first-order valence-electron chi connectivity index (χ1n) is 4.96. The molecule has 2 N–H and O–H groups in total. The Morgan fingerprint density at radius 1 is 1.41 bits per heavy atom. The van der Waals surface area contributed by atoms with Crippen molar-refractivity contribution in [3.63, 3.8) is 0 Å². The molecule has 5 nitrogen and oxygen atoms in total. The molecule has 1 aromatic rings. The van der Waals surface area contributed by atoms with Gasteiger partial charge in [-0.25, -0.2) is 0 Å². The van der Waals surface area contributed by atoms with Crippen molar-refractivity contribution in [3.8, 4) is 0 Å². The highest BCUT2D eigenvalue weighted by Crippen LogP contribution is 2.11. The largest absolute Gasteiger partial charge is 0.340 e. The normalized spacial score (nSPS) is 19.0. The molecule has 1 aliphatic heterocycles. The topological polar surface area (TPSA) is 75.3 Å². The summed E-state index contributed by atoms with van der Waals surface area (Å²) in [7, 11) is 0. The molecule has 0 bridgehead atoms. The average Bonchev–Trinajstić information content (AvgIpc) is 2.57. The Kier molecular flexibility index (Phi) is 3.10. The van der Waals surface area contributed by atoms with E-state index in [1.165, 1.54) is 6.07 Å².